The molecule has 0 saturated carbocycles. The van der Waals surface area contributed by atoms with Gasteiger partial charge in [0.2, 0.25) is 0 Å². The van der Waals surface area contributed by atoms with Crippen LogP contribution in [0, 0.1) is 0 Å². The Morgan fingerprint density at radius 1 is 1.55 bits per heavy atom. The maximum absolute atomic E-state index is 5.35. The molecule has 6 nitrogen and oxygen atoms in total. The molecule has 6 heteroatoms. The second-order valence-corrected chi connectivity index (χ2v) is 5.68. The molecule has 1 unspecified atom stereocenters. The number of nitrogens with zero attached hydrogens (tertiary/aromatic N) is 4. The second-order valence-electron chi connectivity index (χ2n) is 5.68. The van der Waals surface area contributed by atoms with Crippen LogP contribution in [0.15, 0.2) is 40.2 Å². The largest absolute Gasteiger partial charge is 0.469 e. The lowest BCUT2D eigenvalue weighted by Gasteiger charge is -2.21. The van der Waals surface area contributed by atoms with Gasteiger partial charge in [-0.05, 0) is 24.1 Å². The minimum absolute atomic E-state index is 0.539. The molecule has 0 spiro atoms. The third-order valence-electron chi connectivity index (χ3n) is 4.13. The standard InChI is InChI=1S/C16H23N5O/c1-17-16(18-7-5-15-4-3-9-22-15)21-8-6-13(12-21)14-10-19-20(2)11-14/h3-4,9-11,13H,5-8,12H2,1-2H3,(H,17,18). The number of aryl methyl sites for hydroxylation is 1. The molecule has 3 heterocycles. The maximum atomic E-state index is 5.35. The van der Waals surface area contributed by atoms with Gasteiger partial charge in [0, 0.05) is 52.3 Å². The number of aromatic nitrogens is 2. The number of guanidine groups is 1. The highest BCUT2D eigenvalue weighted by atomic mass is 16.3. The summed E-state index contributed by atoms with van der Waals surface area (Å²) < 4.78 is 7.22. The van der Waals surface area contributed by atoms with Crippen LogP contribution in [0.4, 0.5) is 0 Å². The first kappa shape index (κ1) is 14.7. The first-order valence-corrected chi connectivity index (χ1v) is 7.73. The number of hydrogen-bond donors (Lipinski definition) is 1. The summed E-state index contributed by atoms with van der Waals surface area (Å²) in [6.45, 7) is 2.85. The number of aliphatic imine (C=N–C) groups is 1. The summed E-state index contributed by atoms with van der Waals surface area (Å²) in [6, 6.07) is 3.92. The molecule has 1 atom stereocenters. The van der Waals surface area contributed by atoms with Crippen molar-refractivity contribution in [3.63, 3.8) is 0 Å². The first-order valence-electron chi connectivity index (χ1n) is 7.73. The third kappa shape index (κ3) is 3.32. The van der Waals surface area contributed by atoms with Crippen molar-refractivity contribution in [2.24, 2.45) is 12.0 Å². The van der Waals surface area contributed by atoms with Gasteiger partial charge in [0.1, 0.15) is 5.76 Å². The van der Waals surface area contributed by atoms with E-state index in [2.05, 4.69) is 26.5 Å². The molecule has 0 radical (unpaired) electrons. The quantitative estimate of drug-likeness (QED) is 0.689. The summed E-state index contributed by atoms with van der Waals surface area (Å²) in [5.41, 5.74) is 1.32. The van der Waals surface area contributed by atoms with Crippen LogP contribution in [-0.2, 0) is 13.5 Å². The summed E-state index contributed by atoms with van der Waals surface area (Å²) >= 11 is 0. The second kappa shape index (κ2) is 6.68. The zero-order chi connectivity index (χ0) is 15.4. The smallest absolute Gasteiger partial charge is 0.193 e. The predicted octanol–water partition coefficient (Wildman–Crippen LogP) is 1.62. The fraction of sp³-hybridized carbons (Fsp3) is 0.500. The summed E-state index contributed by atoms with van der Waals surface area (Å²) in [5.74, 6) is 2.51. The van der Waals surface area contributed by atoms with Crippen LogP contribution in [0.1, 0.15) is 23.7 Å². The normalized spacial score (nSPS) is 18.9. The molecule has 0 bridgehead atoms. The van der Waals surface area contributed by atoms with Crippen molar-refractivity contribution in [3.05, 3.63) is 42.1 Å². The summed E-state index contributed by atoms with van der Waals surface area (Å²) in [7, 11) is 3.80. The van der Waals surface area contributed by atoms with Gasteiger partial charge in [0.15, 0.2) is 5.96 Å². The fourth-order valence-corrected chi connectivity index (χ4v) is 2.96. The van der Waals surface area contributed by atoms with Crippen molar-refractivity contribution in [3.8, 4) is 0 Å². The lowest BCUT2D eigenvalue weighted by atomic mass is 10.0. The van der Waals surface area contributed by atoms with Gasteiger partial charge in [-0.3, -0.25) is 9.67 Å². The van der Waals surface area contributed by atoms with Gasteiger partial charge < -0.3 is 14.6 Å². The average molecular weight is 301 g/mol. The van der Waals surface area contributed by atoms with E-state index >= 15 is 0 Å². The highest BCUT2D eigenvalue weighted by Crippen LogP contribution is 2.26. The van der Waals surface area contributed by atoms with E-state index in [1.54, 1.807) is 6.26 Å². The number of hydrogen-bond acceptors (Lipinski definition) is 3. The van der Waals surface area contributed by atoms with E-state index in [9.17, 15) is 0 Å². The number of nitrogens with one attached hydrogen (secondary N) is 1. The van der Waals surface area contributed by atoms with Crippen LogP contribution in [0.2, 0.25) is 0 Å². The summed E-state index contributed by atoms with van der Waals surface area (Å²) in [5, 5.41) is 7.69. The lowest BCUT2D eigenvalue weighted by Crippen LogP contribution is -2.40. The first-order chi connectivity index (χ1) is 10.8. The minimum Gasteiger partial charge on any atom is -0.469 e. The predicted molar refractivity (Wildman–Crippen MR) is 85.9 cm³/mol. The molecular formula is C16H23N5O. The van der Waals surface area contributed by atoms with E-state index in [-0.39, 0.29) is 0 Å². The zero-order valence-electron chi connectivity index (χ0n) is 13.2. The van der Waals surface area contributed by atoms with E-state index in [1.807, 2.05) is 37.1 Å². The van der Waals surface area contributed by atoms with E-state index in [0.29, 0.717) is 5.92 Å². The summed E-state index contributed by atoms with van der Waals surface area (Å²) in [4.78, 5) is 6.72. The molecule has 3 rings (SSSR count). The number of furan rings is 1. The van der Waals surface area contributed by atoms with Crippen LogP contribution in [0.25, 0.3) is 0 Å². The van der Waals surface area contributed by atoms with Gasteiger partial charge in [-0.1, -0.05) is 0 Å². The van der Waals surface area contributed by atoms with Crippen LogP contribution in [0.3, 0.4) is 0 Å². The van der Waals surface area contributed by atoms with Gasteiger partial charge in [-0.25, -0.2) is 0 Å². The molecule has 2 aromatic heterocycles. The number of rotatable bonds is 4. The van der Waals surface area contributed by atoms with Gasteiger partial charge >= 0.3 is 0 Å². The Kier molecular flexibility index (Phi) is 4.46. The molecule has 2 aromatic rings. The Bertz CT molecular complexity index is 616. The third-order valence-corrected chi connectivity index (χ3v) is 4.13. The van der Waals surface area contributed by atoms with Crippen LogP contribution < -0.4 is 5.32 Å². The SMILES string of the molecule is CN=C(NCCc1ccco1)N1CCC(c2cnn(C)c2)C1. The Hall–Kier alpha value is -2.24. The Morgan fingerprint density at radius 3 is 3.14 bits per heavy atom. The zero-order valence-corrected chi connectivity index (χ0v) is 13.2. The van der Waals surface area contributed by atoms with Crippen LogP contribution >= 0.6 is 0 Å². The lowest BCUT2D eigenvalue weighted by molar-refractivity contribution is 0.477. The maximum Gasteiger partial charge on any atom is 0.193 e. The van der Waals surface area contributed by atoms with Crippen LogP contribution in [-0.4, -0.2) is 47.3 Å². The fourth-order valence-electron chi connectivity index (χ4n) is 2.96. The number of likely N-dealkylation sites (tertiary alicyclic amines) is 1. The van der Waals surface area contributed by atoms with E-state index in [1.165, 1.54) is 5.56 Å². The van der Waals surface area contributed by atoms with Gasteiger partial charge in [-0.2, -0.15) is 5.10 Å². The van der Waals surface area contributed by atoms with E-state index in [0.717, 1.165) is 44.2 Å². The Balaban J connectivity index is 1.51. The molecule has 1 fully saturated rings. The molecule has 1 aliphatic heterocycles. The Morgan fingerprint density at radius 2 is 2.45 bits per heavy atom. The molecule has 1 saturated heterocycles. The highest BCUT2D eigenvalue weighted by Gasteiger charge is 2.26. The highest BCUT2D eigenvalue weighted by molar-refractivity contribution is 5.80. The van der Waals surface area contributed by atoms with Crippen molar-refractivity contribution < 1.29 is 4.42 Å². The van der Waals surface area contributed by atoms with Gasteiger partial charge in [0.05, 0.1) is 12.5 Å². The molecule has 0 aliphatic carbocycles. The Labute approximate surface area is 130 Å². The molecular weight excluding hydrogens is 278 g/mol. The molecule has 1 aliphatic rings. The van der Waals surface area contributed by atoms with Crippen molar-refractivity contribution in [1.29, 1.82) is 0 Å². The van der Waals surface area contributed by atoms with Crippen molar-refractivity contribution in [1.82, 2.24) is 20.0 Å². The van der Waals surface area contributed by atoms with E-state index < -0.39 is 0 Å². The van der Waals surface area contributed by atoms with Crippen molar-refractivity contribution >= 4 is 5.96 Å². The minimum atomic E-state index is 0.539. The topological polar surface area (TPSA) is 58.6 Å². The van der Waals surface area contributed by atoms with Gasteiger partial charge in [0.25, 0.3) is 0 Å². The molecule has 0 aromatic carbocycles. The summed E-state index contributed by atoms with van der Waals surface area (Å²) in [6.07, 6.45) is 7.81. The van der Waals surface area contributed by atoms with Crippen LogP contribution in [0.5, 0.6) is 0 Å². The molecule has 22 heavy (non-hydrogen) atoms. The monoisotopic (exact) mass is 301 g/mol. The molecule has 1 N–H and O–H groups in total. The average Bonchev–Trinajstić information content (AvgIpc) is 3.24. The molecule has 0 amide bonds. The molecule has 118 valence electrons. The van der Waals surface area contributed by atoms with Gasteiger partial charge in [-0.15, -0.1) is 0 Å². The van der Waals surface area contributed by atoms with Crippen molar-refractivity contribution in [2.45, 2.75) is 18.8 Å². The van der Waals surface area contributed by atoms with E-state index in [4.69, 9.17) is 4.42 Å². The van der Waals surface area contributed by atoms with Crippen molar-refractivity contribution in [2.75, 3.05) is 26.7 Å².